The maximum absolute atomic E-state index is 12.3. The zero-order valence-corrected chi connectivity index (χ0v) is 13.0. The van der Waals surface area contributed by atoms with E-state index >= 15 is 0 Å². The zero-order chi connectivity index (χ0) is 14.7. The topological polar surface area (TPSA) is 66.6 Å². The molecule has 0 saturated carbocycles. The highest BCUT2D eigenvalue weighted by atomic mass is 79.9. The maximum atomic E-state index is 12.3. The van der Waals surface area contributed by atoms with Crippen LogP contribution in [0, 0.1) is 0 Å². The predicted octanol–water partition coefficient (Wildman–Crippen LogP) is 1.08. The lowest BCUT2D eigenvalue weighted by Gasteiger charge is -2.37. The Kier molecular flexibility index (Phi) is 4.77. The van der Waals surface area contributed by atoms with Gasteiger partial charge in [-0.1, -0.05) is 15.9 Å². The molecule has 1 aromatic rings. The number of halogens is 1. The van der Waals surface area contributed by atoms with Gasteiger partial charge in [-0.2, -0.15) is 0 Å². The Morgan fingerprint density at radius 1 is 1.15 bits per heavy atom. The van der Waals surface area contributed by atoms with Crippen LogP contribution in [0.25, 0.3) is 0 Å². The summed E-state index contributed by atoms with van der Waals surface area (Å²) in [5.41, 5.74) is 5.99. The first-order valence-electron chi connectivity index (χ1n) is 6.57. The number of benzene rings is 1. The summed E-state index contributed by atoms with van der Waals surface area (Å²) in [6.45, 7) is 4.38. The van der Waals surface area contributed by atoms with E-state index in [0.717, 1.165) is 4.47 Å². The van der Waals surface area contributed by atoms with Crippen molar-refractivity contribution < 1.29 is 9.59 Å². The Balaban J connectivity index is 1.95. The number of nitrogens with zero attached hydrogens (tertiary/aromatic N) is 2. The van der Waals surface area contributed by atoms with Crippen LogP contribution in [0.3, 0.4) is 0 Å². The second kappa shape index (κ2) is 6.37. The number of piperazine rings is 1. The smallest absolute Gasteiger partial charge is 0.253 e. The molecule has 0 aromatic heterocycles. The van der Waals surface area contributed by atoms with Gasteiger partial charge < -0.3 is 10.6 Å². The molecule has 2 rings (SSSR count). The third kappa shape index (κ3) is 3.37. The number of primary amides is 1. The molecule has 0 bridgehead atoms. The number of hydrogen-bond acceptors (Lipinski definition) is 3. The Morgan fingerprint density at radius 2 is 1.70 bits per heavy atom. The SMILES string of the molecule is CC(C(N)=O)N1CCN(C(=O)c2ccc(Br)cc2)CC1. The number of carbonyl (C=O) groups excluding carboxylic acids is 2. The highest BCUT2D eigenvalue weighted by Crippen LogP contribution is 2.14. The monoisotopic (exact) mass is 339 g/mol. The van der Waals surface area contributed by atoms with Gasteiger partial charge in [0.15, 0.2) is 0 Å². The van der Waals surface area contributed by atoms with Gasteiger partial charge in [-0.15, -0.1) is 0 Å². The molecule has 1 aliphatic heterocycles. The van der Waals surface area contributed by atoms with Crippen LogP contribution in [0.5, 0.6) is 0 Å². The highest BCUT2D eigenvalue weighted by molar-refractivity contribution is 9.10. The fraction of sp³-hybridized carbons (Fsp3) is 0.429. The van der Waals surface area contributed by atoms with Crippen LogP contribution in [-0.4, -0.2) is 53.8 Å². The molecule has 108 valence electrons. The van der Waals surface area contributed by atoms with Gasteiger partial charge in [0.2, 0.25) is 5.91 Å². The first-order chi connectivity index (χ1) is 9.49. The predicted molar refractivity (Wildman–Crippen MR) is 80.3 cm³/mol. The van der Waals surface area contributed by atoms with E-state index in [1.165, 1.54) is 0 Å². The molecule has 2 N–H and O–H groups in total. The molecule has 0 spiro atoms. The van der Waals surface area contributed by atoms with Gasteiger partial charge in [0, 0.05) is 36.2 Å². The fourth-order valence-electron chi connectivity index (χ4n) is 2.27. The van der Waals surface area contributed by atoms with Gasteiger partial charge in [0.05, 0.1) is 6.04 Å². The second-order valence-electron chi connectivity index (χ2n) is 4.91. The number of hydrogen-bond donors (Lipinski definition) is 1. The van der Waals surface area contributed by atoms with E-state index in [0.29, 0.717) is 31.7 Å². The van der Waals surface area contributed by atoms with Crippen LogP contribution in [0.4, 0.5) is 0 Å². The van der Waals surface area contributed by atoms with E-state index in [1.54, 1.807) is 6.92 Å². The zero-order valence-electron chi connectivity index (χ0n) is 11.4. The van der Waals surface area contributed by atoms with Crippen molar-refractivity contribution in [2.75, 3.05) is 26.2 Å². The molecule has 0 radical (unpaired) electrons. The molecule has 20 heavy (non-hydrogen) atoms. The standard InChI is InChI=1S/C14H18BrN3O2/c1-10(13(16)19)17-6-8-18(9-7-17)14(20)11-2-4-12(15)5-3-11/h2-5,10H,6-9H2,1H3,(H2,16,19). The summed E-state index contributed by atoms with van der Waals surface area (Å²) in [6.07, 6.45) is 0. The van der Waals surface area contributed by atoms with Gasteiger partial charge in [-0.3, -0.25) is 14.5 Å². The van der Waals surface area contributed by atoms with E-state index in [9.17, 15) is 9.59 Å². The molecule has 1 saturated heterocycles. The van der Waals surface area contributed by atoms with Crippen molar-refractivity contribution in [2.24, 2.45) is 5.73 Å². The van der Waals surface area contributed by atoms with Crippen molar-refractivity contribution in [2.45, 2.75) is 13.0 Å². The Morgan fingerprint density at radius 3 is 2.20 bits per heavy atom. The quantitative estimate of drug-likeness (QED) is 0.896. The first kappa shape index (κ1) is 15.0. The van der Waals surface area contributed by atoms with E-state index in [2.05, 4.69) is 15.9 Å². The van der Waals surface area contributed by atoms with Gasteiger partial charge in [0.25, 0.3) is 5.91 Å². The molecule has 1 unspecified atom stereocenters. The molecule has 1 fully saturated rings. The average molecular weight is 340 g/mol. The van der Waals surface area contributed by atoms with E-state index in [4.69, 9.17) is 5.73 Å². The number of amides is 2. The molecule has 1 aromatic carbocycles. The van der Waals surface area contributed by atoms with Crippen molar-refractivity contribution in [1.29, 1.82) is 0 Å². The van der Waals surface area contributed by atoms with E-state index < -0.39 is 0 Å². The summed E-state index contributed by atoms with van der Waals surface area (Å²) < 4.78 is 0.953. The summed E-state index contributed by atoms with van der Waals surface area (Å²) in [4.78, 5) is 27.3. The van der Waals surface area contributed by atoms with Crippen molar-refractivity contribution >= 4 is 27.7 Å². The summed E-state index contributed by atoms with van der Waals surface area (Å²) in [5.74, 6) is -0.290. The number of carbonyl (C=O) groups is 2. The van der Waals surface area contributed by atoms with Crippen molar-refractivity contribution in [3.8, 4) is 0 Å². The maximum Gasteiger partial charge on any atom is 0.253 e. The molecule has 0 aliphatic carbocycles. The summed E-state index contributed by atoms with van der Waals surface area (Å²) in [5, 5.41) is 0. The Bertz CT molecular complexity index is 496. The van der Waals surface area contributed by atoms with Gasteiger partial charge >= 0.3 is 0 Å². The number of rotatable bonds is 3. The van der Waals surface area contributed by atoms with Crippen LogP contribution in [0.15, 0.2) is 28.7 Å². The molecule has 1 heterocycles. The lowest BCUT2D eigenvalue weighted by atomic mass is 10.1. The third-order valence-electron chi connectivity index (χ3n) is 3.65. The van der Waals surface area contributed by atoms with Gasteiger partial charge in [-0.05, 0) is 31.2 Å². The first-order valence-corrected chi connectivity index (χ1v) is 7.36. The van der Waals surface area contributed by atoms with Crippen LogP contribution in [0.1, 0.15) is 17.3 Å². The summed E-state index contributed by atoms with van der Waals surface area (Å²) in [7, 11) is 0. The molecular formula is C14H18BrN3O2. The van der Waals surface area contributed by atoms with Crippen LogP contribution < -0.4 is 5.73 Å². The van der Waals surface area contributed by atoms with Crippen LogP contribution in [-0.2, 0) is 4.79 Å². The van der Waals surface area contributed by atoms with Gasteiger partial charge in [0.1, 0.15) is 0 Å². The van der Waals surface area contributed by atoms with Crippen molar-refractivity contribution in [1.82, 2.24) is 9.80 Å². The molecule has 1 aliphatic rings. The van der Waals surface area contributed by atoms with E-state index in [-0.39, 0.29) is 17.9 Å². The minimum absolute atomic E-state index is 0.0314. The largest absolute Gasteiger partial charge is 0.368 e. The van der Waals surface area contributed by atoms with Crippen molar-refractivity contribution in [3.63, 3.8) is 0 Å². The van der Waals surface area contributed by atoms with E-state index in [1.807, 2.05) is 34.1 Å². The fourth-order valence-corrected chi connectivity index (χ4v) is 2.53. The minimum atomic E-state index is -0.322. The molecule has 1 atom stereocenters. The van der Waals surface area contributed by atoms with Crippen LogP contribution in [0.2, 0.25) is 0 Å². The second-order valence-corrected chi connectivity index (χ2v) is 5.83. The average Bonchev–Trinajstić information content (AvgIpc) is 2.46. The molecule has 5 nitrogen and oxygen atoms in total. The number of nitrogens with two attached hydrogens (primary N) is 1. The highest BCUT2D eigenvalue weighted by Gasteiger charge is 2.26. The summed E-state index contributed by atoms with van der Waals surface area (Å²) >= 11 is 3.35. The lowest BCUT2D eigenvalue weighted by Crippen LogP contribution is -2.54. The lowest BCUT2D eigenvalue weighted by molar-refractivity contribution is -0.123. The van der Waals surface area contributed by atoms with Crippen molar-refractivity contribution in [3.05, 3.63) is 34.3 Å². The minimum Gasteiger partial charge on any atom is -0.368 e. The Hall–Kier alpha value is -1.40. The van der Waals surface area contributed by atoms with Gasteiger partial charge in [-0.25, -0.2) is 0 Å². The van der Waals surface area contributed by atoms with Crippen LogP contribution >= 0.6 is 15.9 Å². The molecule has 6 heteroatoms. The molecule has 2 amide bonds. The Labute approximate surface area is 126 Å². The third-order valence-corrected chi connectivity index (χ3v) is 4.18. The molecular weight excluding hydrogens is 322 g/mol. The normalized spacial score (nSPS) is 17.8. The summed E-state index contributed by atoms with van der Waals surface area (Å²) in [6, 6.07) is 7.06.